The topological polar surface area (TPSA) is 148 Å². The first-order chi connectivity index (χ1) is 14.2. The van der Waals surface area contributed by atoms with E-state index in [0.717, 1.165) is 0 Å². The summed E-state index contributed by atoms with van der Waals surface area (Å²) in [6.45, 7) is 8.09. The normalized spacial score (nSPS) is 10.6. The lowest BCUT2D eigenvalue weighted by atomic mass is 10.0. The fraction of sp³-hybridized carbons (Fsp3) is 0.400. The van der Waals surface area contributed by atoms with Crippen LogP contribution in [0, 0.1) is 13.8 Å². The quantitative estimate of drug-likeness (QED) is 0.436. The predicted octanol–water partition coefficient (Wildman–Crippen LogP) is 2.85. The van der Waals surface area contributed by atoms with E-state index >= 15 is 0 Å². The molecule has 0 bridgehead atoms. The zero-order valence-corrected chi connectivity index (χ0v) is 17.4. The average Bonchev–Trinajstić information content (AvgIpc) is 3.19. The van der Waals surface area contributed by atoms with Crippen molar-refractivity contribution in [2.24, 2.45) is 0 Å². The van der Waals surface area contributed by atoms with Gasteiger partial charge in [0.1, 0.15) is 11.4 Å². The van der Waals surface area contributed by atoms with Crippen molar-refractivity contribution in [2.45, 2.75) is 34.6 Å². The molecule has 162 valence electrons. The maximum atomic E-state index is 12.6. The monoisotopic (exact) mass is 420 g/mol. The van der Waals surface area contributed by atoms with Gasteiger partial charge in [-0.1, -0.05) is 0 Å². The molecule has 0 unspecified atom stereocenters. The standard InChI is InChI=1S/C20H24N2O8/c1-6-28-18(25)11-9(4)13(17(23)24)21-15(11)16-12(19(26)29-7-2)10(5)14(22-16)20(27)30-8-3/h21-22H,6-8H2,1-5H3,(H,23,24). The molecule has 0 saturated carbocycles. The lowest BCUT2D eigenvalue weighted by Crippen LogP contribution is -2.10. The number of carbonyl (C=O) groups is 4. The van der Waals surface area contributed by atoms with Gasteiger partial charge in [-0.15, -0.1) is 0 Å². The summed E-state index contributed by atoms with van der Waals surface area (Å²) in [4.78, 5) is 54.7. The van der Waals surface area contributed by atoms with Gasteiger partial charge in [0, 0.05) is 0 Å². The summed E-state index contributed by atoms with van der Waals surface area (Å²) < 4.78 is 15.2. The fourth-order valence-electron chi connectivity index (χ4n) is 3.10. The number of rotatable bonds is 8. The van der Waals surface area contributed by atoms with Crippen LogP contribution in [0.25, 0.3) is 11.4 Å². The summed E-state index contributed by atoms with van der Waals surface area (Å²) in [5.41, 5.74) is 0.107. The molecule has 2 aromatic heterocycles. The number of aromatic nitrogens is 2. The Labute approximate surface area is 172 Å². The third-order valence-electron chi connectivity index (χ3n) is 4.40. The Morgan fingerprint density at radius 3 is 1.47 bits per heavy atom. The van der Waals surface area contributed by atoms with E-state index in [9.17, 15) is 24.3 Å². The average molecular weight is 420 g/mol. The van der Waals surface area contributed by atoms with Gasteiger partial charge < -0.3 is 29.3 Å². The van der Waals surface area contributed by atoms with Gasteiger partial charge in [0.05, 0.1) is 42.3 Å². The maximum Gasteiger partial charge on any atom is 0.355 e. The summed E-state index contributed by atoms with van der Waals surface area (Å²) in [7, 11) is 0. The van der Waals surface area contributed by atoms with Crippen molar-refractivity contribution in [3.8, 4) is 11.4 Å². The zero-order valence-electron chi connectivity index (χ0n) is 17.4. The first-order valence-electron chi connectivity index (χ1n) is 9.39. The minimum atomic E-state index is -1.30. The highest BCUT2D eigenvalue weighted by molar-refractivity contribution is 6.07. The highest BCUT2D eigenvalue weighted by atomic mass is 16.5. The molecule has 0 aliphatic heterocycles. The number of carboxylic acid groups (broad SMARTS) is 1. The van der Waals surface area contributed by atoms with E-state index in [2.05, 4.69) is 9.97 Å². The molecule has 10 heteroatoms. The van der Waals surface area contributed by atoms with Crippen molar-refractivity contribution in [1.82, 2.24) is 9.97 Å². The Hall–Kier alpha value is -3.56. The summed E-state index contributed by atoms with van der Waals surface area (Å²) >= 11 is 0. The minimum absolute atomic E-state index is 0.00468. The van der Waals surface area contributed by atoms with Crippen LogP contribution in [0.4, 0.5) is 0 Å². The molecule has 3 N–H and O–H groups in total. The van der Waals surface area contributed by atoms with Crippen LogP contribution in [-0.4, -0.2) is 58.8 Å². The number of carbonyl (C=O) groups excluding carboxylic acids is 3. The second kappa shape index (κ2) is 9.29. The second-order valence-electron chi connectivity index (χ2n) is 6.22. The summed E-state index contributed by atoms with van der Waals surface area (Å²) in [5, 5.41) is 9.48. The Morgan fingerprint density at radius 2 is 1.07 bits per heavy atom. The number of carboxylic acids is 1. The number of aromatic carboxylic acids is 1. The van der Waals surface area contributed by atoms with Gasteiger partial charge in [-0.05, 0) is 45.7 Å². The van der Waals surface area contributed by atoms with Gasteiger partial charge in [0.2, 0.25) is 0 Å². The van der Waals surface area contributed by atoms with Crippen molar-refractivity contribution in [3.05, 3.63) is 33.6 Å². The number of hydrogen-bond acceptors (Lipinski definition) is 7. The number of ether oxygens (including phenoxy) is 3. The molecule has 10 nitrogen and oxygen atoms in total. The number of hydrogen-bond donors (Lipinski definition) is 3. The van der Waals surface area contributed by atoms with E-state index in [1.54, 1.807) is 20.8 Å². The Balaban J connectivity index is 2.85. The van der Waals surface area contributed by atoms with E-state index < -0.39 is 23.9 Å². The van der Waals surface area contributed by atoms with E-state index in [1.165, 1.54) is 13.8 Å². The summed E-state index contributed by atoms with van der Waals surface area (Å²) in [6, 6.07) is 0. The van der Waals surface area contributed by atoms with Crippen LogP contribution in [0.5, 0.6) is 0 Å². The minimum Gasteiger partial charge on any atom is -0.477 e. The van der Waals surface area contributed by atoms with E-state index in [4.69, 9.17) is 14.2 Å². The molecule has 2 heterocycles. The van der Waals surface area contributed by atoms with Crippen LogP contribution in [0.15, 0.2) is 0 Å². The van der Waals surface area contributed by atoms with Crippen LogP contribution in [-0.2, 0) is 14.2 Å². The Morgan fingerprint density at radius 1 is 0.700 bits per heavy atom. The molecule has 2 rings (SSSR count). The lowest BCUT2D eigenvalue weighted by molar-refractivity contribution is 0.0510. The van der Waals surface area contributed by atoms with Crippen LogP contribution < -0.4 is 0 Å². The van der Waals surface area contributed by atoms with Crippen molar-refractivity contribution in [1.29, 1.82) is 0 Å². The van der Waals surface area contributed by atoms with Crippen molar-refractivity contribution < 1.29 is 38.5 Å². The first-order valence-corrected chi connectivity index (χ1v) is 9.39. The van der Waals surface area contributed by atoms with Gasteiger partial charge in [0.15, 0.2) is 0 Å². The molecule has 0 amide bonds. The Kier molecular flexibility index (Phi) is 7.04. The predicted molar refractivity (Wildman–Crippen MR) is 105 cm³/mol. The molecule has 0 spiro atoms. The molecule has 0 radical (unpaired) electrons. The van der Waals surface area contributed by atoms with Crippen LogP contribution in [0.2, 0.25) is 0 Å². The number of aromatic amines is 2. The van der Waals surface area contributed by atoms with Crippen LogP contribution in [0.3, 0.4) is 0 Å². The largest absolute Gasteiger partial charge is 0.477 e. The zero-order chi connectivity index (χ0) is 22.6. The SMILES string of the molecule is CCOC(=O)c1[nH]c(-c2[nH]c(C(=O)O)c(C)c2C(=O)OCC)c(C(=O)OCC)c1C. The number of H-pyrrole nitrogens is 2. The van der Waals surface area contributed by atoms with Crippen LogP contribution in [0.1, 0.15) is 73.6 Å². The molecule has 0 aromatic carbocycles. The van der Waals surface area contributed by atoms with Crippen molar-refractivity contribution >= 4 is 23.9 Å². The second-order valence-corrected chi connectivity index (χ2v) is 6.22. The van der Waals surface area contributed by atoms with E-state index in [1.807, 2.05) is 0 Å². The number of nitrogens with one attached hydrogen (secondary N) is 2. The fourth-order valence-corrected chi connectivity index (χ4v) is 3.10. The Bertz CT molecular complexity index is 999. The van der Waals surface area contributed by atoms with Crippen molar-refractivity contribution in [2.75, 3.05) is 19.8 Å². The van der Waals surface area contributed by atoms with Crippen LogP contribution >= 0.6 is 0 Å². The molecular weight excluding hydrogens is 396 g/mol. The highest BCUT2D eigenvalue weighted by Gasteiger charge is 2.32. The molecular formula is C20H24N2O8. The van der Waals surface area contributed by atoms with E-state index in [-0.39, 0.29) is 64.9 Å². The highest BCUT2D eigenvalue weighted by Crippen LogP contribution is 2.34. The molecule has 0 fully saturated rings. The smallest absolute Gasteiger partial charge is 0.355 e. The lowest BCUT2D eigenvalue weighted by Gasteiger charge is -2.07. The van der Waals surface area contributed by atoms with Gasteiger partial charge in [-0.2, -0.15) is 0 Å². The van der Waals surface area contributed by atoms with Crippen molar-refractivity contribution in [3.63, 3.8) is 0 Å². The summed E-state index contributed by atoms with van der Waals surface area (Å²) in [6.07, 6.45) is 0. The first kappa shape index (κ1) is 22.7. The molecule has 0 aliphatic rings. The third-order valence-corrected chi connectivity index (χ3v) is 4.40. The molecule has 0 atom stereocenters. The number of esters is 3. The molecule has 30 heavy (non-hydrogen) atoms. The maximum absolute atomic E-state index is 12.6. The molecule has 0 saturated heterocycles. The van der Waals surface area contributed by atoms with Gasteiger partial charge in [-0.25, -0.2) is 19.2 Å². The van der Waals surface area contributed by atoms with Gasteiger partial charge in [0.25, 0.3) is 0 Å². The summed E-state index contributed by atoms with van der Waals surface area (Å²) in [5.74, 6) is -3.51. The van der Waals surface area contributed by atoms with Gasteiger partial charge >= 0.3 is 23.9 Å². The third kappa shape index (κ3) is 4.07. The molecule has 0 aliphatic carbocycles. The molecule has 2 aromatic rings. The van der Waals surface area contributed by atoms with E-state index in [0.29, 0.717) is 0 Å². The van der Waals surface area contributed by atoms with Gasteiger partial charge in [-0.3, -0.25) is 0 Å².